The van der Waals surface area contributed by atoms with Crippen molar-refractivity contribution in [2.75, 3.05) is 25.0 Å². The maximum absolute atomic E-state index is 13.4. The Labute approximate surface area is 192 Å². The van der Waals surface area contributed by atoms with E-state index >= 15 is 0 Å². The normalized spacial score (nSPS) is 11.5. The number of carbonyl (C=O) groups excluding carboxylic acids is 1. The highest BCUT2D eigenvalue weighted by molar-refractivity contribution is 7.89. The molecule has 1 amide bonds. The van der Waals surface area contributed by atoms with E-state index in [1.54, 1.807) is 19.2 Å². The van der Waals surface area contributed by atoms with E-state index < -0.39 is 10.0 Å². The predicted octanol–water partition coefficient (Wildman–Crippen LogP) is 4.89. The first-order valence-corrected chi connectivity index (χ1v) is 11.8. The van der Waals surface area contributed by atoms with Gasteiger partial charge in [0.1, 0.15) is 4.90 Å². The number of hydrogen-bond acceptors (Lipinski definition) is 3. The summed E-state index contributed by atoms with van der Waals surface area (Å²) in [4.78, 5) is 14.3. The highest BCUT2D eigenvalue weighted by atomic mass is 35.5. The number of likely N-dealkylation sites (N-methyl/N-ethyl adjacent to an activating group) is 1. The lowest BCUT2D eigenvalue weighted by atomic mass is 10.1. The largest absolute Gasteiger partial charge is 0.314 e. The van der Waals surface area contributed by atoms with Crippen LogP contribution in [0, 0.1) is 0 Å². The van der Waals surface area contributed by atoms with Gasteiger partial charge in [-0.05, 0) is 42.3 Å². The van der Waals surface area contributed by atoms with Crippen molar-refractivity contribution in [1.29, 1.82) is 0 Å². The van der Waals surface area contributed by atoms with Crippen LogP contribution in [0.3, 0.4) is 0 Å². The van der Waals surface area contributed by atoms with E-state index in [1.807, 2.05) is 48.5 Å². The number of rotatable bonds is 8. The monoisotopic (exact) mass is 476 g/mol. The molecule has 3 aromatic rings. The van der Waals surface area contributed by atoms with Gasteiger partial charge < -0.3 is 4.90 Å². The van der Waals surface area contributed by atoms with Gasteiger partial charge in [0.15, 0.2) is 0 Å². The fourth-order valence-electron chi connectivity index (χ4n) is 3.05. The Kier molecular flexibility index (Phi) is 7.73. The molecule has 0 saturated carbocycles. The Morgan fingerprint density at radius 2 is 1.52 bits per heavy atom. The highest BCUT2D eigenvalue weighted by Crippen LogP contribution is 2.28. The summed E-state index contributed by atoms with van der Waals surface area (Å²) >= 11 is 12.2. The lowest BCUT2D eigenvalue weighted by molar-refractivity contribution is -0.118. The fourth-order valence-corrected chi connectivity index (χ4v) is 5.18. The third-order valence-corrected chi connectivity index (χ3v) is 7.39. The second-order valence-electron chi connectivity index (χ2n) is 6.94. The molecule has 0 atom stereocenters. The second-order valence-corrected chi connectivity index (χ2v) is 9.69. The number of para-hydroxylation sites is 1. The maximum Gasteiger partial charge on any atom is 0.245 e. The van der Waals surface area contributed by atoms with Crippen LogP contribution in [0.4, 0.5) is 5.69 Å². The Morgan fingerprint density at radius 1 is 0.903 bits per heavy atom. The molecule has 0 unspecified atom stereocenters. The van der Waals surface area contributed by atoms with Gasteiger partial charge in [-0.25, -0.2) is 8.42 Å². The molecular weight excluding hydrogens is 455 g/mol. The van der Waals surface area contributed by atoms with E-state index in [4.69, 9.17) is 23.2 Å². The number of hydrogen-bond donors (Lipinski definition) is 0. The van der Waals surface area contributed by atoms with Crippen LogP contribution in [-0.4, -0.2) is 38.8 Å². The number of nitrogens with zero attached hydrogens (tertiary/aromatic N) is 2. The van der Waals surface area contributed by atoms with Gasteiger partial charge in [-0.15, -0.1) is 0 Å². The Balaban J connectivity index is 1.90. The molecule has 0 aromatic heterocycles. The van der Waals surface area contributed by atoms with Crippen molar-refractivity contribution in [3.63, 3.8) is 0 Å². The fraction of sp³-hybridized carbons (Fsp3) is 0.174. The molecule has 0 aliphatic rings. The minimum atomic E-state index is -4.07. The number of carbonyl (C=O) groups is 1. The first-order valence-electron chi connectivity index (χ1n) is 9.60. The van der Waals surface area contributed by atoms with Gasteiger partial charge in [0.2, 0.25) is 15.9 Å². The smallest absolute Gasteiger partial charge is 0.245 e. The van der Waals surface area contributed by atoms with Gasteiger partial charge in [0, 0.05) is 24.3 Å². The summed E-state index contributed by atoms with van der Waals surface area (Å²) < 4.78 is 28.0. The molecule has 8 heteroatoms. The van der Waals surface area contributed by atoms with Crippen molar-refractivity contribution < 1.29 is 13.2 Å². The number of halogens is 2. The molecule has 0 aliphatic carbocycles. The minimum absolute atomic E-state index is 0.0537. The minimum Gasteiger partial charge on any atom is -0.314 e. The first-order chi connectivity index (χ1) is 14.8. The van der Waals surface area contributed by atoms with Crippen molar-refractivity contribution in [3.05, 3.63) is 94.5 Å². The van der Waals surface area contributed by atoms with Crippen LogP contribution < -0.4 is 4.90 Å². The third-order valence-electron chi connectivity index (χ3n) is 4.83. The lowest BCUT2D eigenvalue weighted by Gasteiger charge is -2.25. The van der Waals surface area contributed by atoms with E-state index in [-0.39, 0.29) is 33.9 Å². The lowest BCUT2D eigenvalue weighted by Crippen LogP contribution is -2.42. The van der Waals surface area contributed by atoms with Crippen molar-refractivity contribution in [3.8, 4) is 0 Å². The molecule has 31 heavy (non-hydrogen) atoms. The standard InChI is InChI=1S/C23H22Cl2N2O3S/c1-26(20-10-6-3-7-11-20)23(28)17-27(15-14-18-8-4-2-5-9-18)31(29,30)22-16-19(24)12-13-21(22)25/h2-13,16H,14-15,17H2,1H3. The van der Waals surface area contributed by atoms with Crippen molar-refractivity contribution in [2.24, 2.45) is 0 Å². The van der Waals surface area contributed by atoms with Crippen LogP contribution in [0.25, 0.3) is 0 Å². The van der Waals surface area contributed by atoms with E-state index in [9.17, 15) is 13.2 Å². The van der Waals surface area contributed by atoms with Crippen LogP contribution in [0.15, 0.2) is 83.8 Å². The topological polar surface area (TPSA) is 57.7 Å². The summed E-state index contributed by atoms with van der Waals surface area (Å²) in [5.74, 6) is -0.360. The summed E-state index contributed by atoms with van der Waals surface area (Å²) in [6.45, 7) is -0.215. The summed E-state index contributed by atoms with van der Waals surface area (Å²) in [5, 5.41) is 0.302. The van der Waals surface area contributed by atoms with Gasteiger partial charge >= 0.3 is 0 Å². The molecule has 0 fully saturated rings. The number of benzene rings is 3. The molecule has 5 nitrogen and oxygen atoms in total. The van der Waals surface area contributed by atoms with Crippen LogP contribution in [0.1, 0.15) is 5.56 Å². The summed E-state index contributed by atoms with van der Waals surface area (Å²) in [7, 11) is -2.45. The zero-order valence-corrected chi connectivity index (χ0v) is 19.2. The summed E-state index contributed by atoms with van der Waals surface area (Å²) in [6, 6.07) is 22.8. The average molecular weight is 477 g/mol. The summed E-state index contributed by atoms with van der Waals surface area (Å²) in [5.41, 5.74) is 1.64. The second kappa shape index (κ2) is 10.3. The SMILES string of the molecule is CN(C(=O)CN(CCc1ccccc1)S(=O)(=O)c1cc(Cl)ccc1Cl)c1ccccc1. The Bertz CT molecular complexity index is 1140. The molecule has 3 rings (SSSR count). The Morgan fingerprint density at radius 3 is 2.16 bits per heavy atom. The van der Waals surface area contributed by atoms with Crippen molar-refractivity contribution in [2.45, 2.75) is 11.3 Å². The van der Waals surface area contributed by atoms with E-state index in [2.05, 4.69) is 0 Å². The molecule has 0 spiro atoms. The zero-order valence-electron chi connectivity index (χ0n) is 16.9. The van der Waals surface area contributed by atoms with E-state index in [0.717, 1.165) is 9.87 Å². The molecule has 0 N–H and O–H groups in total. The molecule has 0 aliphatic heterocycles. The van der Waals surface area contributed by atoms with Crippen LogP contribution >= 0.6 is 23.2 Å². The first kappa shape index (κ1) is 23.3. The van der Waals surface area contributed by atoms with E-state index in [1.165, 1.54) is 23.1 Å². The number of sulfonamides is 1. The van der Waals surface area contributed by atoms with Gasteiger partial charge in [0.25, 0.3) is 0 Å². The van der Waals surface area contributed by atoms with Gasteiger partial charge in [-0.3, -0.25) is 4.79 Å². The Hall–Kier alpha value is -2.38. The zero-order chi connectivity index (χ0) is 22.4. The van der Waals surface area contributed by atoms with Crippen LogP contribution in [0.5, 0.6) is 0 Å². The van der Waals surface area contributed by atoms with Gasteiger partial charge in [-0.1, -0.05) is 71.7 Å². The molecule has 162 valence electrons. The van der Waals surface area contributed by atoms with Crippen LogP contribution in [-0.2, 0) is 21.2 Å². The molecule has 3 aromatic carbocycles. The van der Waals surface area contributed by atoms with Crippen molar-refractivity contribution in [1.82, 2.24) is 4.31 Å². The number of anilines is 1. The maximum atomic E-state index is 13.4. The number of amides is 1. The molecule has 0 saturated heterocycles. The van der Waals surface area contributed by atoms with Crippen LogP contribution in [0.2, 0.25) is 10.0 Å². The van der Waals surface area contributed by atoms with E-state index in [0.29, 0.717) is 12.1 Å². The quantitative estimate of drug-likeness (QED) is 0.464. The van der Waals surface area contributed by atoms with Gasteiger partial charge in [0.05, 0.1) is 11.6 Å². The molecule has 0 radical (unpaired) electrons. The third kappa shape index (κ3) is 5.86. The van der Waals surface area contributed by atoms with Crippen molar-refractivity contribution >= 4 is 44.8 Å². The summed E-state index contributed by atoms with van der Waals surface area (Å²) in [6.07, 6.45) is 0.445. The molecular formula is C23H22Cl2N2O3S. The molecule has 0 bridgehead atoms. The molecule has 0 heterocycles. The predicted molar refractivity (Wildman–Crippen MR) is 125 cm³/mol. The van der Waals surface area contributed by atoms with Gasteiger partial charge in [-0.2, -0.15) is 4.31 Å². The average Bonchev–Trinajstić information content (AvgIpc) is 2.78. The highest BCUT2D eigenvalue weighted by Gasteiger charge is 2.30.